The fourth-order valence-electron chi connectivity index (χ4n) is 1.73. The molecule has 0 aliphatic carbocycles. The molecule has 0 saturated heterocycles. The van der Waals surface area contributed by atoms with E-state index in [9.17, 15) is 4.79 Å². The highest BCUT2D eigenvalue weighted by Crippen LogP contribution is 2.29. The number of oxime groups is 1. The highest BCUT2D eigenvalue weighted by molar-refractivity contribution is 6.24. The molecule has 0 atom stereocenters. The Balaban J connectivity index is 2.34. The van der Waals surface area contributed by atoms with Gasteiger partial charge in [0.25, 0.3) is 0 Å². The summed E-state index contributed by atoms with van der Waals surface area (Å²) in [7, 11) is 1.57. The summed E-state index contributed by atoms with van der Waals surface area (Å²) in [6.45, 7) is 4.20. The monoisotopic (exact) mass is 261 g/mol. The largest absolute Gasteiger partial charge is 0.493 e. The molecule has 5 heteroatoms. The van der Waals surface area contributed by atoms with Crippen LogP contribution in [0.1, 0.15) is 19.4 Å². The number of rotatable bonds is 4. The van der Waals surface area contributed by atoms with Gasteiger partial charge in [-0.05, 0) is 37.6 Å². The molecule has 0 spiro atoms. The summed E-state index contributed by atoms with van der Waals surface area (Å²) in [5, 5.41) is 3.63. The van der Waals surface area contributed by atoms with Crippen LogP contribution in [-0.2, 0) is 9.63 Å². The predicted molar refractivity (Wildman–Crippen MR) is 71.3 cm³/mol. The number of hydrogen-bond donors (Lipinski definition) is 0. The van der Waals surface area contributed by atoms with Gasteiger partial charge in [-0.2, -0.15) is 0 Å². The van der Waals surface area contributed by atoms with Crippen molar-refractivity contribution in [1.29, 1.82) is 0 Å². The Morgan fingerprint density at radius 1 is 1.37 bits per heavy atom. The van der Waals surface area contributed by atoms with E-state index in [0.29, 0.717) is 29.4 Å². The van der Waals surface area contributed by atoms with Crippen LogP contribution < -0.4 is 9.47 Å². The molecule has 0 bridgehead atoms. The Hall–Kier alpha value is -2.30. The summed E-state index contributed by atoms with van der Waals surface area (Å²) in [6.07, 6.45) is 1.71. The van der Waals surface area contributed by atoms with Gasteiger partial charge in [0.15, 0.2) is 11.5 Å². The number of nitrogens with zero attached hydrogens (tertiary/aromatic N) is 1. The molecule has 0 N–H and O–H groups in total. The quantitative estimate of drug-likeness (QED) is 0.617. The Morgan fingerprint density at radius 3 is 2.74 bits per heavy atom. The first-order chi connectivity index (χ1) is 9.15. The zero-order chi connectivity index (χ0) is 13.8. The predicted octanol–water partition coefficient (Wildman–Crippen LogP) is 2.41. The van der Waals surface area contributed by atoms with Crippen LogP contribution in [0.4, 0.5) is 0 Å². The Labute approximate surface area is 111 Å². The van der Waals surface area contributed by atoms with E-state index in [1.807, 2.05) is 19.1 Å². The third-order valence-electron chi connectivity index (χ3n) is 2.67. The second kappa shape index (κ2) is 5.56. The molecular formula is C14H15NO4. The summed E-state index contributed by atoms with van der Waals surface area (Å²) in [6, 6.07) is 5.46. The molecule has 1 aliphatic rings. The van der Waals surface area contributed by atoms with Gasteiger partial charge in [-0.15, -0.1) is 0 Å². The maximum atomic E-state index is 11.5. The van der Waals surface area contributed by atoms with E-state index in [0.717, 1.165) is 5.56 Å². The molecule has 100 valence electrons. The highest BCUT2D eigenvalue weighted by atomic mass is 16.7. The van der Waals surface area contributed by atoms with Crippen LogP contribution >= 0.6 is 0 Å². The Bertz CT molecular complexity index is 561. The van der Waals surface area contributed by atoms with E-state index in [1.54, 1.807) is 26.2 Å². The standard InChI is InChI=1S/C14H15NO4/c1-4-18-12-6-5-10(8-13(12)17-3)7-11-9(2)15-19-14(11)16/h5-8H,4H2,1-3H3. The lowest BCUT2D eigenvalue weighted by Gasteiger charge is -2.09. The molecule has 1 aromatic rings. The number of ether oxygens (including phenoxy) is 2. The molecule has 2 rings (SSSR count). The maximum absolute atomic E-state index is 11.5. The number of carbonyl (C=O) groups excluding carboxylic acids is 1. The van der Waals surface area contributed by atoms with Crippen LogP contribution in [0, 0.1) is 0 Å². The van der Waals surface area contributed by atoms with Crippen molar-refractivity contribution in [3.63, 3.8) is 0 Å². The molecule has 0 aromatic heterocycles. The molecule has 0 saturated carbocycles. The van der Waals surface area contributed by atoms with Gasteiger partial charge in [-0.25, -0.2) is 4.79 Å². The van der Waals surface area contributed by atoms with E-state index < -0.39 is 5.97 Å². The first-order valence-electron chi connectivity index (χ1n) is 5.94. The summed E-state index contributed by atoms with van der Waals surface area (Å²) >= 11 is 0. The zero-order valence-corrected chi connectivity index (χ0v) is 11.1. The van der Waals surface area contributed by atoms with Gasteiger partial charge in [0.1, 0.15) is 0 Å². The Kier molecular flexibility index (Phi) is 3.85. The first kappa shape index (κ1) is 13.1. The van der Waals surface area contributed by atoms with Crippen molar-refractivity contribution in [3.05, 3.63) is 29.3 Å². The Morgan fingerprint density at radius 2 is 2.16 bits per heavy atom. The third kappa shape index (κ3) is 2.76. The van der Waals surface area contributed by atoms with Gasteiger partial charge in [0.2, 0.25) is 0 Å². The van der Waals surface area contributed by atoms with E-state index in [4.69, 9.17) is 9.47 Å². The topological polar surface area (TPSA) is 57.1 Å². The van der Waals surface area contributed by atoms with Crippen molar-refractivity contribution in [3.8, 4) is 11.5 Å². The fourth-order valence-corrected chi connectivity index (χ4v) is 1.73. The minimum atomic E-state index is -0.439. The average molecular weight is 261 g/mol. The minimum absolute atomic E-state index is 0.439. The normalized spacial score (nSPS) is 16.3. The molecule has 0 unspecified atom stereocenters. The number of hydrogen-bond acceptors (Lipinski definition) is 5. The first-order valence-corrected chi connectivity index (χ1v) is 5.94. The molecule has 0 amide bonds. The van der Waals surface area contributed by atoms with Gasteiger partial charge in [0, 0.05) is 0 Å². The van der Waals surface area contributed by atoms with Crippen molar-refractivity contribution in [2.24, 2.45) is 5.16 Å². The third-order valence-corrected chi connectivity index (χ3v) is 2.67. The van der Waals surface area contributed by atoms with Crippen molar-refractivity contribution in [2.45, 2.75) is 13.8 Å². The van der Waals surface area contributed by atoms with Crippen LogP contribution in [0.2, 0.25) is 0 Å². The van der Waals surface area contributed by atoms with E-state index >= 15 is 0 Å². The molecular weight excluding hydrogens is 246 g/mol. The lowest BCUT2D eigenvalue weighted by molar-refractivity contribution is -0.136. The van der Waals surface area contributed by atoms with Crippen LogP contribution in [0.15, 0.2) is 28.9 Å². The van der Waals surface area contributed by atoms with Gasteiger partial charge in [0.05, 0.1) is 25.0 Å². The fraction of sp³-hybridized carbons (Fsp3) is 0.286. The number of benzene rings is 1. The molecule has 19 heavy (non-hydrogen) atoms. The van der Waals surface area contributed by atoms with Crippen molar-refractivity contribution in [1.82, 2.24) is 0 Å². The summed E-state index contributed by atoms with van der Waals surface area (Å²) < 4.78 is 10.7. The smallest absolute Gasteiger partial charge is 0.367 e. The highest BCUT2D eigenvalue weighted by Gasteiger charge is 2.21. The SMILES string of the molecule is CCOc1ccc(C=C2C(=O)ON=C2C)cc1OC. The summed E-state index contributed by atoms with van der Waals surface area (Å²) in [4.78, 5) is 16.0. The molecule has 1 aliphatic heterocycles. The second-order valence-corrected chi connectivity index (χ2v) is 3.96. The molecule has 0 fully saturated rings. The van der Waals surface area contributed by atoms with Crippen molar-refractivity contribution in [2.75, 3.05) is 13.7 Å². The van der Waals surface area contributed by atoms with Crippen LogP contribution in [-0.4, -0.2) is 25.4 Å². The molecule has 0 radical (unpaired) electrons. The molecule has 1 aromatic carbocycles. The second-order valence-electron chi connectivity index (χ2n) is 3.96. The van der Waals surface area contributed by atoms with E-state index in [2.05, 4.69) is 9.99 Å². The van der Waals surface area contributed by atoms with Crippen molar-refractivity contribution >= 4 is 17.8 Å². The number of carbonyl (C=O) groups is 1. The lowest BCUT2D eigenvalue weighted by Crippen LogP contribution is -2.02. The summed E-state index contributed by atoms with van der Waals surface area (Å²) in [5.41, 5.74) is 1.84. The minimum Gasteiger partial charge on any atom is -0.493 e. The average Bonchev–Trinajstić information content (AvgIpc) is 2.72. The van der Waals surface area contributed by atoms with Crippen LogP contribution in [0.25, 0.3) is 6.08 Å². The molecule has 5 nitrogen and oxygen atoms in total. The van der Waals surface area contributed by atoms with Gasteiger partial charge in [-0.1, -0.05) is 11.2 Å². The zero-order valence-electron chi connectivity index (χ0n) is 11.1. The number of methoxy groups -OCH3 is 1. The lowest BCUT2D eigenvalue weighted by atomic mass is 10.1. The van der Waals surface area contributed by atoms with Crippen LogP contribution in [0.3, 0.4) is 0 Å². The van der Waals surface area contributed by atoms with Gasteiger partial charge in [-0.3, -0.25) is 0 Å². The van der Waals surface area contributed by atoms with Crippen molar-refractivity contribution < 1.29 is 19.1 Å². The van der Waals surface area contributed by atoms with E-state index in [-0.39, 0.29) is 0 Å². The molecule has 1 heterocycles. The maximum Gasteiger partial charge on any atom is 0.367 e. The van der Waals surface area contributed by atoms with Gasteiger partial charge >= 0.3 is 5.97 Å². The van der Waals surface area contributed by atoms with Crippen LogP contribution in [0.5, 0.6) is 11.5 Å². The van der Waals surface area contributed by atoms with E-state index in [1.165, 1.54) is 0 Å². The summed E-state index contributed by atoms with van der Waals surface area (Å²) in [5.74, 6) is 0.856. The van der Waals surface area contributed by atoms with Gasteiger partial charge < -0.3 is 14.3 Å².